The summed E-state index contributed by atoms with van der Waals surface area (Å²) in [6, 6.07) is 9.62. The molecule has 4 heterocycles. The molecule has 4 rings (SSSR count). The highest BCUT2D eigenvalue weighted by atomic mass is 32.1. The fourth-order valence-corrected chi connectivity index (χ4v) is 4.52. The van der Waals surface area contributed by atoms with Crippen LogP contribution in [0.5, 0.6) is 0 Å². The second-order valence-corrected chi connectivity index (χ2v) is 9.21. The average Bonchev–Trinajstić information content (AvgIpc) is 3.30. The van der Waals surface area contributed by atoms with E-state index in [4.69, 9.17) is 4.98 Å². The standard InChI is InChI=1S/C23H25N5OS/c1-13(2)28-22-19(12-25-28)18(11-21(27-22)17-10-14(3)30-16(17)5)23(29)26-15(4)20-8-6-7-9-24-20/h6-13,15H,1-5H3,(H,26,29)/t15-/m1/s1. The minimum Gasteiger partial charge on any atom is -0.344 e. The summed E-state index contributed by atoms with van der Waals surface area (Å²) in [6.45, 7) is 10.2. The van der Waals surface area contributed by atoms with E-state index in [-0.39, 0.29) is 18.0 Å². The van der Waals surface area contributed by atoms with Gasteiger partial charge in [0.05, 0.1) is 34.6 Å². The van der Waals surface area contributed by atoms with Gasteiger partial charge in [0.25, 0.3) is 5.91 Å². The van der Waals surface area contributed by atoms with Gasteiger partial charge in [-0.05, 0) is 58.9 Å². The van der Waals surface area contributed by atoms with E-state index in [0.29, 0.717) is 5.56 Å². The zero-order valence-corrected chi connectivity index (χ0v) is 18.6. The lowest BCUT2D eigenvalue weighted by atomic mass is 10.1. The first-order valence-electron chi connectivity index (χ1n) is 10.0. The van der Waals surface area contributed by atoms with Gasteiger partial charge in [-0.1, -0.05) is 6.07 Å². The van der Waals surface area contributed by atoms with Crippen molar-refractivity contribution in [2.24, 2.45) is 0 Å². The first-order valence-corrected chi connectivity index (χ1v) is 10.8. The molecule has 0 aliphatic carbocycles. The molecule has 0 saturated carbocycles. The van der Waals surface area contributed by atoms with Crippen LogP contribution in [0.1, 0.15) is 58.7 Å². The predicted octanol–water partition coefficient (Wildman–Crippen LogP) is 5.24. The van der Waals surface area contributed by atoms with Gasteiger partial charge in [0, 0.05) is 27.6 Å². The number of amides is 1. The Hall–Kier alpha value is -3.06. The molecule has 0 unspecified atom stereocenters. The van der Waals surface area contributed by atoms with Crippen molar-refractivity contribution in [1.82, 2.24) is 25.1 Å². The van der Waals surface area contributed by atoms with Crippen molar-refractivity contribution >= 4 is 28.3 Å². The molecule has 30 heavy (non-hydrogen) atoms. The van der Waals surface area contributed by atoms with Gasteiger partial charge in [-0.3, -0.25) is 9.78 Å². The highest BCUT2D eigenvalue weighted by Crippen LogP contribution is 2.32. The third kappa shape index (κ3) is 3.73. The Morgan fingerprint density at radius 1 is 1.17 bits per heavy atom. The number of nitrogens with one attached hydrogen (secondary N) is 1. The fourth-order valence-electron chi connectivity index (χ4n) is 3.59. The summed E-state index contributed by atoms with van der Waals surface area (Å²) in [6.07, 6.45) is 3.47. The molecule has 0 aromatic carbocycles. The lowest BCUT2D eigenvalue weighted by molar-refractivity contribution is 0.0940. The number of hydrogen-bond donors (Lipinski definition) is 1. The van der Waals surface area contributed by atoms with Crippen LogP contribution in [0, 0.1) is 13.8 Å². The second kappa shape index (κ2) is 7.99. The quantitative estimate of drug-likeness (QED) is 0.480. The maximum Gasteiger partial charge on any atom is 0.252 e. The van der Waals surface area contributed by atoms with Crippen LogP contribution in [0.15, 0.2) is 42.7 Å². The van der Waals surface area contributed by atoms with Gasteiger partial charge in [-0.25, -0.2) is 9.67 Å². The number of carbonyl (C=O) groups is 1. The lowest BCUT2D eigenvalue weighted by Gasteiger charge is -2.15. The topological polar surface area (TPSA) is 72.7 Å². The third-order valence-corrected chi connectivity index (χ3v) is 6.06. The first kappa shape index (κ1) is 20.2. The number of fused-ring (bicyclic) bond motifs is 1. The molecule has 0 radical (unpaired) electrons. The smallest absolute Gasteiger partial charge is 0.252 e. The van der Waals surface area contributed by atoms with Gasteiger partial charge in [0.1, 0.15) is 0 Å². The molecular weight excluding hydrogens is 394 g/mol. The number of thiophene rings is 1. The van der Waals surface area contributed by atoms with E-state index >= 15 is 0 Å². The van der Waals surface area contributed by atoms with Crippen molar-refractivity contribution in [3.8, 4) is 11.3 Å². The van der Waals surface area contributed by atoms with E-state index in [0.717, 1.165) is 28.0 Å². The van der Waals surface area contributed by atoms with Gasteiger partial charge in [-0.15, -0.1) is 11.3 Å². The van der Waals surface area contributed by atoms with Crippen LogP contribution >= 0.6 is 11.3 Å². The van der Waals surface area contributed by atoms with Crippen LogP contribution in [0.3, 0.4) is 0 Å². The van der Waals surface area contributed by atoms with Crippen molar-refractivity contribution in [2.45, 2.75) is 46.7 Å². The maximum atomic E-state index is 13.3. The largest absolute Gasteiger partial charge is 0.344 e. The lowest BCUT2D eigenvalue weighted by Crippen LogP contribution is -2.27. The van der Waals surface area contributed by atoms with E-state index < -0.39 is 0 Å². The van der Waals surface area contributed by atoms with Crippen molar-refractivity contribution in [3.63, 3.8) is 0 Å². The predicted molar refractivity (Wildman–Crippen MR) is 121 cm³/mol. The molecule has 4 aromatic heterocycles. The molecule has 0 aliphatic heterocycles. The Morgan fingerprint density at radius 3 is 2.60 bits per heavy atom. The molecule has 0 aliphatic rings. The Balaban J connectivity index is 1.81. The van der Waals surface area contributed by atoms with Crippen molar-refractivity contribution in [1.29, 1.82) is 0 Å². The van der Waals surface area contributed by atoms with Crippen LogP contribution in [-0.2, 0) is 0 Å². The molecule has 6 nitrogen and oxygen atoms in total. The third-order valence-electron chi connectivity index (χ3n) is 5.10. The van der Waals surface area contributed by atoms with E-state index in [9.17, 15) is 4.79 Å². The summed E-state index contributed by atoms with van der Waals surface area (Å²) in [5.41, 5.74) is 3.97. The molecule has 0 spiro atoms. The van der Waals surface area contributed by atoms with Crippen molar-refractivity contribution < 1.29 is 4.79 Å². The minimum absolute atomic E-state index is 0.138. The first-order chi connectivity index (χ1) is 14.3. The number of rotatable bonds is 5. The number of pyridine rings is 2. The normalized spacial score (nSPS) is 12.5. The van der Waals surface area contributed by atoms with E-state index in [1.54, 1.807) is 23.7 Å². The molecule has 1 N–H and O–H groups in total. The summed E-state index contributed by atoms with van der Waals surface area (Å²) >= 11 is 1.73. The van der Waals surface area contributed by atoms with E-state index in [1.165, 1.54) is 9.75 Å². The molecule has 0 saturated heterocycles. The number of aromatic nitrogens is 4. The van der Waals surface area contributed by atoms with Crippen LogP contribution in [0.4, 0.5) is 0 Å². The van der Waals surface area contributed by atoms with Crippen molar-refractivity contribution in [2.75, 3.05) is 0 Å². The van der Waals surface area contributed by atoms with Crippen LogP contribution in [0.25, 0.3) is 22.3 Å². The van der Waals surface area contributed by atoms with Crippen LogP contribution < -0.4 is 5.32 Å². The zero-order valence-electron chi connectivity index (χ0n) is 17.8. The minimum atomic E-state index is -0.212. The maximum absolute atomic E-state index is 13.3. The molecular formula is C23H25N5OS. The SMILES string of the molecule is Cc1cc(-c2cc(C(=O)N[C@H](C)c3ccccn3)c3cnn(C(C)C)c3n2)c(C)s1. The van der Waals surface area contributed by atoms with E-state index in [1.807, 2.05) is 35.9 Å². The Morgan fingerprint density at radius 2 is 1.97 bits per heavy atom. The Kier molecular flexibility index (Phi) is 5.39. The highest BCUT2D eigenvalue weighted by molar-refractivity contribution is 7.12. The van der Waals surface area contributed by atoms with Gasteiger partial charge < -0.3 is 5.32 Å². The summed E-state index contributed by atoms with van der Waals surface area (Å²) in [7, 11) is 0. The molecule has 1 atom stereocenters. The molecule has 4 aromatic rings. The van der Waals surface area contributed by atoms with E-state index in [2.05, 4.69) is 49.2 Å². The molecule has 154 valence electrons. The number of hydrogen-bond acceptors (Lipinski definition) is 5. The average molecular weight is 420 g/mol. The number of aryl methyl sites for hydroxylation is 2. The molecule has 0 fully saturated rings. The summed E-state index contributed by atoms with van der Waals surface area (Å²) < 4.78 is 1.87. The van der Waals surface area contributed by atoms with Crippen LogP contribution in [0.2, 0.25) is 0 Å². The molecule has 1 amide bonds. The summed E-state index contributed by atoms with van der Waals surface area (Å²) in [4.78, 5) is 24.9. The summed E-state index contributed by atoms with van der Waals surface area (Å²) in [5, 5.41) is 8.33. The molecule has 7 heteroatoms. The molecule has 0 bridgehead atoms. The Bertz CT molecular complexity index is 1210. The highest BCUT2D eigenvalue weighted by Gasteiger charge is 2.21. The van der Waals surface area contributed by atoms with Crippen LogP contribution in [-0.4, -0.2) is 25.7 Å². The summed E-state index contributed by atoms with van der Waals surface area (Å²) in [5.74, 6) is -0.158. The number of nitrogens with zero attached hydrogens (tertiary/aromatic N) is 4. The number of carbonyl (C=O) groups excluding carboxylic acids is 1. The van der Waals surface area contributed by atoms with Gasteiger partial charge >= 0.3 is 0 Å². The van der Waals surface area contributed by atoms with Crippen molar-refractivity contribution in [3.05, 3.63) is 63.7 Å². The second-order valence-electron chi connectivity index (χ2n) is 7.75. The fraction of sp³-hybridized carbons (Fsp3) is 0.304. The van der Waals surface area contributed by atoms with Gasteiger partial charge in [0.15, 0.2) is 5.65 Å². The Labute approximate surface area is 180 Å². The van der Waals surface area contributed by atoms with Gasteiger partial charge in [0.2, 0.25) is 0 Å². The van der Waals surface area contributed by atoms with Gasteiger partial charge in [-0.2, -0.15) is 5.10 Å². The zero-order chi connectivity index (χ0) is 21.4. The monoisotopic (exact) mass is 419 g/mol.